The SMILES string of the molecule is CC(C)COc1ccc2c(c1)CCC(CCc1ccc([C@H](C)N)cc1)C2. The number of fused-ring (bicyclic) bond motifs is 1. The Labute approximate surface area is 158 Å². The van der Waals surface area contributed by atoms with E-state index >= 15 is 0 Å². The summed E-state index contributed by atoms with van der Waals surface area (Å²) in [5, 5.41) is 0. The lowest BCUT2D eigenvalue weighted by Crippen LogP contribution is -2.15. The average molecular weight is 352 g/mol. The summed E-state index contributed by atoms with van der Waals surface area (Å²) in [7, 11) is 0. The maximum atomic E-state index is 5.94. The molecule has 2 aromatic carbocycles. The van der Waals surface area contributed by atoms with Crippen molar-refractivity contribution in [3.63, 3.8) is 0 Å². The van der Waals surface area contributed by atoms with Gasteiger partial charge in [-0.1, -0.05) is 44.2 Å². The van der Waals surface area contributed by atoms with Crippen LogP contribution in [-0.2, 0) is 19.3 Å². The molecule has 0 bridgehead atoms. The van der Waals surface area contributed by atoms with Crippen LogP contribution < -0.4 is 10.5 Å². The quantitative estimate of drug-likeness (QED) is 0.717. The van der Waals surface area contributed by atoms with Crippen LogP contribution in [0.2, 0.25) is 0 Å². The molecule has 2 heteroatoms. The average Bonchev–Trinajstić information content (AvgIpc) is 2.64. The molecule has 2 atom stereocenters. The Hall–Kier alpha value is -1.80. The topological polar surface area (TPSA) is 35.2 Å². The first kappa shape index (κ1) is 19.0. The van der Waals surface area contributed by atoms with E-state index in [4.69, 9.17) is 10.5 Å². The van der Waals surface area contributed by atoms with E-state index in [1.165, 1.54) is 47.9 Å². The number of rotatable bonds is 7. The van der Waals surface area contributed by atoms with Crippen LogP contribution >= 0.6 is 0 Å². The highest BCUT2D eigenvalue weighted by Gasteiger charge is 2.19. The van der Waals surface area contributed by atoms with Crippen molar-refractivity contribution in [1.29, 1.82) is 0 Å². The van der Waals surface area contributed by atoms with Gasteiger partial charge in [-0.15, -0.1) is 0 Å². The van der Waals surface area contributed by atoms with Crippen molar-refractivity contribution >= 4 is 0 Å². The van der Waals surface area contributed by atoms with Gasteiger partial charge in [0.15, 0.2) is 0 Å². The lowest BCUT2D eigenvalue weighted by atomic mass is 9.81. The molecule has 2 nitrogen and oxygen atoms in total. The van der Waals surface area contributed by atoms with Crippen LogP contribution in [0.25, 0.3) is 0 Å². The van der Waals surface area contributed by atoms with Gasteiger partial charge < -0.3 is 10.5 Å². The first-order valence-electron chi connectivity index (χ1n) is 10.1. The summed E-state index contributed by atoms with van der Waals surface area (Å²) in [5.74, 6) is 2.39. The molecular formula is C24H33NO. The normalized spacial score (nSPS) is 17.8. The minimum atomic E-state index is 0.119. The maximum absolute atomic E-state index is 5.94. The Balaban J connectivity index is 1.53. The number of hydrogen-bond acceptors (Lipinski definition) is 2. The van der Waals surface area contributed by atoms with E-state index in [9.17, 15) is 0 Å². The summed E-state index contributed by atoms with van der Waals surface area (Å²) < 4.78 is 5.88. The summed E-state index contributed by atoms with van der Waals surface area (Å²) in [6.07, 6.45) is 6.11. The third-order valence-corrected chi connectivity index (χ3v) is 5.44. The van der Waals surface area contributed by atoms with E-state index in [0.717, 1.165) is 24.7 Å². The molecule has 0 saturated heterocycles. The van der Waals surface area contributed by atoms with Crippen LogP contribution in [0.15, 0.2) is 42.5 Å². The van der Waals surface area contributed by atoms with E-state index in [-0.39, 0.29) is 6.04 Å². The van der Waals surface area contributed by atoms with E-state index in [1.807, 2.05) is 6.92 Å². The molecule has 0 aromatic heterocycles. The van der Waals surface area contributed by atoms with Gasteiger partial charge in [0.25, 0.3) is 0 Å². The number of ether oxygens (including phenoxy) is 1. The predicted molar refractivity (Wildman–Crippen MR) is 110 cm³/mol. The molecule has 26 heavy (non-hydrogen) atoms. The summed E-state index contributed by atoms with van der Waals surface area (Å²) in [5.41, 5.74) is 11.6. The Morgan fingerprint density at radius 3 is 2.50 bits per heavy atom. The molecule has 0 amide bonds. The van der Waals surface area contributed by atoms with Gasteiger partial charge in [0.2, 0.25) is 0 Å². The molecule has 0 heterocycles. The van der Waals surface area contributed by atoms with Crippen molar-refractivity contribution in [3.8, 4) is 5.75 Å². The van der Waals surface area contributed by atoms with Crippen LogP contribution in [-0.4, -0.2) is 6.61 Å². The number of benzene rings is 2. The third kappa shape index (κ3) is 5.11. The molecule has 140 valence electrons. The highest BCUT2D eigenvalue weighted by atomic mass is 16.5. The van der Waals surface area contributed by atoms with E-state index in [2.05, 4.69) is 56.3 Å². The molecule has 0 aliphatic heterocycles. The molecule has 1 aliphatic carbocycles. The highest BCUT2D eigenvalue weighted by molar-refractivity contribution is 5.37. The zero-order valence-corrected chi connectivity index (χ0v) is 16.5. The number of nitrogens with two attached hydrogens (primary N) is 1. The van der Waals surface area contributed by atoms with Gasteiger partial charge in [-0.05, 0) is 85.3 Å². The maximum Gasteiger partial charge on any atom is 0.119 e. The van der Waals surface area contributed by atoms with E-state index in [1.54, 1.807) is 0 Å². The van der Waals surface area contributed by atoms with Gasteiger partial charge in [0.1, 0.15) is 5.75 Å². The molecule has 1 aliphatic rings. The fraction of sp³-hybridized carbons (Fsp3) is 0.500. The first-order chi connectivity index (χ1) is 12.5. The third-order valence-electron chi connectivity index (χ3n) is 5.44. The van der Waals surface area contributed by atoms with Crippen LogP contribution in [0, 0.1) is 11.8 Å². The second-order valence-corrected chi connectivity index (χ2v) is 8.31. The van der Waals surface area contributed by atoms with Crippen LogP contribution in [0.3, 0.4) is 0 Å². The minimum absolute atomic E-state index is 0.119. The van der Waals surface area contributed by atoms with Gasteiger partial charge in [-0.2, -0.15) is 0 Å². The van der Waals surface area contributed by atoms with Crippen LogP contribution in [0.5, 0.6) is 5.75 Å². The van der Waals surface area contributed by atoms with Gasteiger partial charge in [-0.3, -0.25) is 0 Å². The summed E-state index contributed by atoms with van der Waals surface area (Å²) >= 11 is 0. The molecule has 1 unspecified atom stereocenters. The molecule has 0 radical (unpaired) electrons. The molecule has 0 saturated carbocycles. The Kier molecular flexibility index (Phi) is 6.37. The Morgan fingerprint density at radius 1 is 1.04 bits per heavy atom. The van der Waals surface area contributed by atoms with E-state index < -0.39 is 0 Å². The molecular weight excluding hydrogens is 318 g/mol. The first-order valence-corrected chi connectivity index (χ1v) is 10.1. The van der Waals surface area contributed by atoms with Crippen molar-refractivity contribution in [2.75, 3.05) is 6.61 Å². The summed E-state index contributed by atoms with van der Waals surface area (Å²) in [6.45, 7) is 7.21. The number of aryl methyl sites for hydroxylation is 2. The number of hydrogen-bond donors (Lipinski definition) is 1. The predicted octanol–water partition coefficient (Wildman–Crippen LogP) is 5.48. The zero-order chi connectivity index (χ0) is 18.5. The Bertz CT molecular complexity index is 703. The van der Waals surface area contributed by atoms with Crippen molar-refractivity contribution in [2.45, 2.75) is 58.9 Å². The molecule has 3 rings (SSSR count). The fourth-order valence-electron chi connectivity index (χ4n) is 3.76. The molecule has 2 aromatic rings. The van der Waals surface area contributed by atoms with E-state index in [0.29, 0.717) is 5.92 Å². The lowest BCUT2D eigenvalue weighted by Gasteiger charge is -2.25. The molecule has 0 fully saturated rings. The molecule has 0 spiro atoms. The van der Waals surface area contributed by atoms with Gasteiger partial charge in [0.05, 0.1) is 6.61 Å². The standard InChI is InChI=1S/C24H33NO/c1-17(2)16-26-24-13-12-22-14-20(8-11-23(22)15-24)5-4-19-6-9-21(10-7-19)18(3)25/h6-7,9-10,12-13,15,17-18,20H,4-5,8,11,14,16,25H2,1-3H3/t18-,20?/m0/s1. The highest BCUT2D eigenvalue weighted by Crippen LogP contribution is 2.31. The fourth-order valence-corrected chi connectivity index (χ4v) is 3.76. The second-order valence-electron chi connectivity index (χ2n) is 8.31. The van der Waals surface area contributed by atoms with Crippen molar-refractivity contribution in [2.24, 2.45) is 17.6 Å². The Morgan fingerprint density at radius 2 is 1.81 bits per heavy atom. The van der Waals surface area contributed by atoms with Crippen molar-refractivity contribution < 1.29 is 4.74 Å². The minimum Gasteiger partial charge on any atom is -0.493 e. The van der Waals surface area contributed by atoms with Crippen molar-refractivity contribution in [3.05, 3.63) is 64.7 Å². The van der Waals surface area contributed by atoms with Crippen LogP contribution in [0.1, 0.15) is 61.9 Å². The monoisotopic (exact) mass is 351 g/mol. The van der Waals surface area contributed by atoms with Crippen molar-refractivity contribution in [1.82, 2.24) is 0 Å². The van der Waals surface area contributed by atoms with Crippen LogP contribution in [0.4, 0.5) is 0 Å². The second kappa shape index (κ2) is 8.73. The smallest absolute Gasteiger partial charge is 0.119 e. The zero-order valence-electron chi connectivity index (χ0n) is 16.5. The summed E-state index contributed by atoms with van der Waals surface area (Å²) in [4.78, 5) is 0. The largest absolute Gasteiger partial charge is 0.493 e. The van der Waals surface area contributed by atoms with Gasteiger partial charge in [-0.25, -0.2) is 0 Å². The molecule has 2 N–H and O–H groups in total. The lowest BCUT2D eigenvalue weighted by molar-refractivity contribution is 0.270. The summed E-state index contributed by atoms with van der Waals surface area (Å²) in [6, 6.07) is 15.7. The van der Waals surface area contributed by atoms with Gasteiger partial charge >= 0.3 is 0 Å². The van der Waals surface area contributed by atoms with Gasteiger partial charge in [0, 0.05) is 6.04 Å².